The molecule has 0 atom stereocenters. The van der Waals surface area contributed by atoms with E-state index in [1.54, 1.807) is 13.8 Å². The van der Waals surface area contributed by atoms with Crippen molar-refractivity contribution < 1.29 is 19.2 Å². The lowest BCUT2D eigenvalue weighted by molar-refractivity contribution is -0.134. The van der Waals surface area contributed by atoms with Crippen LogP contribution in [-0.2, 0) is 9.59 Å². The molecule has 0 unspecified atom stereocenters. The van der Waals surface area contributed by atoms with Crippen molar-refractivity contribution in [1.82, 2.24) is 20.9 Å². The molecule has 0 aromatic carbocycles. The Kier molecular flexibility index (Phi) is 6.33. The van der Waals surface area contributed by atoms with Crippen LogP contribution in [0.3, 0.4) is 0 Å². The second kappa shape index (κ2) is 7.77. The van der Waals surface area contributed by atoms with Gasteiger partial charge in [-0.3, -0.25) is 19.8 Å². The molecule has 8 heteroatoms. The van der Waals surface area contributed by atoms with Crippen molar-refractivity contribution in [3.05, 3.63) is 0 Å². The molecule has 1 rings (SSSR count). The fourth-order valence-electron chi connectivity index (χ4n) is 2.28. The van der Waals surface area contributed by atoms with E-state index in [4.69, 9.17) is 0 Å². The lowest BCUT2D eigenvalue weighted by atomic mass is 9.93. The molecule has 0 spiro atoms. The molecule has 6 amide bonds. The number of rotatable bonds is 7. The number of imide groups is 2. The first-order valence-corrected chi connectivity index (χ1v) is 7.62. The Morgan fingerprint density at radius 2 is 1.82 bits per heavy atom. The quantitative estimate of drug-likeness (QED) is 0.475. The maximum absolute atomic E-state index is 12.3. The van der Waals surface area contributed by atoms with Crippen molar-refractivity contribution >= 4 is 23.9 Å². The molecule has 1 saturated heterocycles. The van der Waals surface area contributed by atoms with E-state index >= 15 is 0 Å². The molecule has 0 aliphatic carbocycles. The Morgan fingerprint density at radius 3 is 2.32 bits per heavy atom. The van der Waals surface area contributed by atoms with Gasteiger partial charge >= 0.3 is 12.1 Å². The maximum Gasteiger partial charge on any atom is 0.325 e. The van der Waals surface area contributed by atoms with Crippen LogP contribution >= 0.6 is 0 Å². The molecule has 0 radical (unpaired) electrons. The Balaban J connectivity index is 2.56. The van der Waals surface area contributed by atoms with Gasteiger partial charge in [0.1, 0.15) is 12.1 Å². The van der Waals surface area contributed by atoms with Gasteiger partial charge in [-0.25, -0.2) is 9.59 Å². The summed E-state index contributed by atoms with van der Waals surface area (Å²) in [4.78, 5) is 48.2. The molecule has 124 valence electrons. The minimum absolute atomic E-state index is 0.427. The van der Waals surface area contributed by atoms with Crippen LogP contribution in [-0.4, -0.2) is 47.4 Å². The van der Waals surface area contributed by atoms with Crippen LogP contribution in [0, 0.1) is 0 Å². The zero-order valence-electron chi connectivity index (χ0n) is 13.3. The van der Waals surface area contributed by atoms with Gasteiger partial charge in [0, 0.05) is 6.54 Å². The normalized spacial score (nSPS) is 16.4. The predicted octanol–water partition coefficient (Wildman–Crippen LogP) is 0.723. The topological polar surface area (TPSA) is 108 Å². The van der Waals surface area contributed by atoms with Gasteiger partial charge in [0.2, 0.25) is 5.91 Å². The summed E-state index contributed by atoms with van der Waals surface area (Å²) in [6.45, 7) is 5.58. The van der Waals surface area contributed by atoms with E-state index in [9.17, 15) is 19.2 Å². The minimum Gasteiger partial charge on any atom is -0.338 e. The summed E-state index contributed by atoms with van der Waals surface area (Å²) in [6, 6.07) is -1.22. The molecule has 22 heavy (non-hydrogen) atoms. The summed E-state index contributed by atoms with van der Waals surface area (Å²) in [5.41, 5.74) is -0.944. The fraction of sp³-hybridized carbons (Fsp3) is 0.714. The molecule has 1 heterocycles. The van der Waals surface area contributed by atoms with Gasteiger partial charge in [0.05, 0.1) is 0 Å². The minimum atomic E-state index is -0.944. The first-order valence-electron chi connectivity index (χ1n) is 7.62. The van der Waals surface area contributed by atoms with Gasteiger partial charge in [-0.2, -0.15) is 0 Å². The number of urea groups is 2. The van der Waals surface area contributed by atoms with Crippen molar-refractivity contribution in [3.63, 3.8) is 0 Å². The smallest absolute Gasteiger partial charge is 0.325 e. The van der Waals surface area contributed by atoms with E-state index in [0.717, 1.165) is 17.7 Å². The molecule has 8 nitrogen and oxygen atoms in total. The Bertz CT molecular complexity index is 460. The number of nitrogens with zero attached hydrogens (tertiary/aromatic N) is 1. The van der Waals surface area contributed by atoms with Gasteiger partial charge in [0.15, 0.2) is 0 Å². The Morgan fingerprint density at radius 1 is 1.18 bits per heavy atom. The Hall–Kier alpha value is -2.12. The molecule has 0 bridgehead atoms. The summed E-state index contributed by atoms with van der Waals surface area (Å²) < 4.78 is 0. The summed E-state index contributed by atoms with van der Waals surface area (Å²) in [6.07, 6.45) is 2.63. The summed E-state index contributed by atoms with van der Waals surface area (Å²) in [5, 5.41) is 7.26. The van der Waals surface area contributed by atoms with Crippen molar-refractivity contribution in [2.75, 3.05) is 13.1 Å². The molecule has 0 saturated carbocycles. The lowest BCUT2D eigenvalue weighted by Gasteiger charge is -2.22. The molecule has 1 aliphatic heterocycles. The second-order valence-corrected chi connectivity index (χ2v) is 5.27. The van der Waals surface area contributed by atoms with Gasteiger partial charge < -0.3 is 10.6 Å². The van der Waals surface area contributed by atoms with E-state index in [0.29, 0.717) is 19.4 Å². The highest BCUT2D eigenvalue weighted by Gasteiger charge is 2.49. The highest BCUT2D eigenvalue weighted by atomic mass is 16.2. The highest BCUT2D eigenvalue weighted by molar-refractivity contribution is 6.09. The van der Waals surface area contributed by atoms with Crippen molar-refractivity contribution in [3.8, 4) is 0 Å². The summed E-state index contributed by atoms with van der Waals surface area (Å²) in [5.74, 6) is -1.12. The lowest BCUT2D eigenvalue weighted by Crippen LogP contribution is -2.48. The first-order chi connectivity index (χ1) is 10.4. The van der Waals surface area contributed by atoms with Gasteiger partial charge in [-0.15, -0.1) is 0 Å². The van der Waals surface area contributed by atoms with E-state index in [1.165, 1.54) is 0 Å². The average Bonchev–Trinajstić information content (AvgIpc) is 2.72. The third kappa shape index (κ3) is 3.96. The maximum atomic E-state index is 12.3. The fourth-order valence-corrected chi connectivity index (χ4v) is 2.28. The summed E-state index contributed by atoms with van der Waals surface area (Å²) >= 11 is 0. The second-order valence-electron chi connectivity index (χ2n) is 5.27. The Labute approximate surface area is 130 Å². The van der Waals surface area contributed by atoms with Crippen LogP contribution in [0.2, 0.25) is 0 Å². The van der Waals surface area contributed by atoms with Crippen LogP contribution in [0.5, 0.6) is 0 Å². The standard InChI is InChI=1S/C14H24N4O4/c1-4-7-8-15-12(21)16-10(19)9-18-11(20)14(5-2,6-3)17-13(18)22/h4-9H2,1-3H3,(H,17,22)(H2,15,16,19,21). The third-order valence-corrected chi connectivity index (χ3v) is 3.82. The van der Waals surface area contributed by atoms with Gasteiger partial charge in [-0.1, -0.05) is 27.2 Å². The number of hydrogen-bond acceptors (Lipinski definition) is 4. The van der Waals surface area contributed by atoms with E-state index in [2.05, 4.69) is 16.0 Å². The van der Waals surface area contributed by atoms with Crippen molar-refractivity contribution in [2.45, 2.75) is 52.0 Å². The zero-order chi connectivity index (χ0) is 16.8. The first kappa shape index (κ1) is 17.9. The average molecular weight is 312 g/mol. The van der Waals surface area contributed by atoms with Gasteiger partial charge in [-0.05, 0) is 19.3 Å². The monoisotopic (exact) mass is 312 g/mol. The molecular weight excluding hydrogens is 288 g/mol. The third-order valence-electron chi connectivity index (χ3n) is 3.82. The SMILES string of the molecule is CCCCNC(=O)NC(=O)CN1C(=O)NC(CC)(CC)C1=O. The number of nitrogens with one attached hydrogen (secondary N) is 3. The molecule has 1 fully saturated rings. The number of carbonyl (C=O) groups excluding carboxylic acids is 4. The van der Waals surface area contributed by atoms with Crippen molar-refractivity contribution in [2.24, 2.45) is 0 Å². The number of unbranched alkanes of at least 4 members (excludes halogenated alkanes) is 1. The van der Waals surface area contributed by atoms with E-state index < -0.39 is 36.0 Å². The molecule has 0 aromatic heterocycles. The number of carbonyl (C=O) groups is 4. The van der Waals surface area contributed by atoms with Gasteiger partial charge in [0.25, 0.3) is 5.91 Å². The molecular formula is C14H24N4O4. The number of amides is 6. The van der Waals surface area contributed by atoms with Crippen LogP contribution in [0.15, 0.2) is 0 Å². The van der Waals surface area contributed by atoms with Crippen molar-refractivity contribution in [1.29, 1.82) is 0 Å². The molecule has 3 N–H and O–H groups in total. The van der Waals surface area contributed by atoms with Crippen LogP contribution in [0.1, 0.15) is 46.5 Å². The molecule has 0 aromatic rings. The number of hydrogen-bond donors (Lipinski definition) is 3. The van der Waals surface area contributed by atoms with Crippen LogP contribution < -0.4 is 16.0 Å². The van der Waals surface area contributed by atoms with E-state index in [1.807, 2.05) is 6.92 Å². The molecule has 1 aliphatic rings. The largest absolute Gasteiger partial charge is 0.338 e. The van der Waals surface area contributed by atoms with Crippen LogP contribution in [0.25, 0.3) is 0 Å². The van der Waals surface area contributed by atoms with Crippen LogP contribution in [0.4, 0.5) is 9.59 Å². The van der Waals surface area contributed by atoms with E-state index in [-0.39, 0.29) is 0 Å². The highest BCUT2D eigenvalue weighted by Crippen LogP contribution is 2.24. The zero-order valence-corrected chi connectivity index (χ0v) is 13.3. The predicted molar refractivity (Wildman–Crippen MR) is 80.0 cm³/mol. The summed E-state index contributed by atoms with van der Waals surface area (Å²) in [7, 11) is 0.